The van der Waals surface area contributed by atoms with E-state index in [1.807, 2.05) is 0 Å². The molecule has 0 aliphatic heterocycles. The van der Waals surface area contributed by atoms with Gasteiger partial charge >= 0.3 is 0 Å². The van der Waals surface area contributed by atoms with Crippen molar-refractivity contribution in [1.29, 1.82) is 0 Å². The van der Waals surface area contributed by atoms with Crippen molar-refractivity contribution in [2.75, 3.05) is 0 Å². The zero-order chi connectivity index (χ0) is 14.7. The summed E-state index contributed by atoms with van der Waals surface area (Å²) in [5.74, 6) is -0.625. The SMILES string of the molecule is CC(O)c1cc(F)ccc1OCc1ccc(Cl)cc1F. The number of aliphatic hydroxyl groups is 1. The lowest BCUT2D eigenvalue weighted by Gasteiger charge is -2.14. The quantitative estimate of drug-likeness (QED) is 0.914. The van der Waals surface area contributed by atoms with Crippen LogP contribution in [0.15, 0.2) is 36.4 Å². The van der Waals surface area contributed by atoms with E-state index < -0.39 is 17.7 Å². The first-order valence-electron chi connectivity index (χ1n) is 6.01. The van der Waals surface area contributed by atoms with Crippen LogP contribution in [-0.4, -0.2) is 5.11 Å². The molecule has 0 radical (unpaired) electrons. The van der Waals surface area contributed by atoms with E-state index in [0.29, 0.717) is 21.9 Å². The molecule has 0 saturated heterocycles. The lowest BCUT2D eigenvalue weighted by molar-refractivity contribution is 0.189. The largest absolute Gasteiger partial charge is 0.488 e. The summed E-state index contributed by atoms with van der Waals surface area (Å²) in [6, 6.07) is 8.09. The van der Waals surface area contributed by atoms with Crippen LogP contribution in [0, 0.1) is 11.6 Å². The Morgan fingerprint density at radius 2 is 1.95 bits per heavy atom. The van der Waals surface area contributed by atoms with Gasteiger partial charge in [0.05, 0.1) is 6.10 Å². The fourth-order valence-corrected chi connectivity index (χ4v) is 1.93. The summed E-state index contributed by atoms with van der Waals surface area (Å²) in [7, 11) is 0. The summed E-state index contributed by atoms with van der Waals surface area (Å²) in [4.78, 5) is 0. The third-order valence-electron chi connectivity index (χ3n) is 2.82. The molecule has 2 nitrogen and oxygen atoms in total. The van der Waals surface area contributed by atoms with Crippen molar-refractivity contribution in [1.82, 2.24) is 0 Å². The summed E-state index contributed by atoms with van der Waals surface area (Å²) < 4.78 is 32.2. The van der Waals surface area contributed by atoms with Crippen LogP contribution in [0.1, 0.15) is 24.2 Å². The van der Waals surface area contributed by atoms with Crippen LogP contribution < -0.4 is 4.74 Å². The zero-order valence-corrected chi connectivity index (χ0v) is 11.5. The predicted molar refractivity (Wildman–Crippen MR) is 72.8 cm³/mol. The average Bonchev–Trinajstić information content (AvgIpc) is 2.38. The lowest BCUT2D eigenvalue weighted by Crippen LogP contribution is -2.03. The van der Waals surface area contributed by atoms with Crippen LogP contribution in [0.4, 0.5) is 8.78 Å². The van der Waals surface area contributed by atoms with E-state index in [0.717, 1.165) is 0 Å². The summed E-state index contributed by atoms with van der Waals surface area (Å²) >= 11 is 5.66. The Bertz CT molecular complexity index is 615. The summed E-state index contributed by atoms with van der Waals surface area (Å²) in [5, 5.41) is 9.88. The highest BCUT2D eigenvalue weighted by Gasteiger charge is 2.12. The predicted octanol–water partition coefficient (Wildman–Crippen LogP) is 4.25. The molecule has 0 bridgehead atoms. The minimum atomic E-state index is -0.879. The van der Waals surface area contributed by atoms with Crippen molar-refractivity contribution in [3.63, 3.8) is 0 Å². The van der Waals surface area contributed by atoms with Gasteiger partial charge in [-0.2, -0.15) is 0 Å². The highest BCUT2D eigenvalue weighted by Crippen LogP contribution is 2.27. The number of aliphatic hydroxyl groups excluding tert-OH is 1. The molecule has 5 heteroatoms. The maximum atomic E-state index is 13.6. The highest BCUT2D eigenvalue weighted by molar-refractivity contribution is 6.30. The number of hydrogen-bond acceptors (Lipinski definition) is 2. The molecule has 0 aliphatic rings. The smallest absolute Gasteiger partial charge is 0.131 e. The molecule has 2 rings (SSSR count). The fraction of sp³-hybridized carbons (Fsp3) is 0.200. The zero-order valence-electron chi connectivity index (χ0n) is 10.7. The van der Waals surface area contributed by atoms with Gasteiger partial charge in [0.15, 0.2) is 0 Å². The Hall–Kier alpha value is -1.65. The van der Waals surface area contributed by atoms with Gasteiger partial charge in [-0.3, -0.25) is 0 Å². The molecule has 0 aliphatic carbocycles. The van der Waals surface area contributed by atoms with Gasteiger partial charge in [-0.15, -0.1) is 0 Å². The molecule has 1 atom stereocenters. The molecule has 0 aromatic heterocycles. The second kappa shape index (κ2) is 6.20. The minimum Gasteiger partial charge on any atom is -0.488 e. The van der Waals surface area contributed by atoms with Gasteiger partial charge in [-0.25, -0.2) is 8.78 Å². The first-order chi connectivity index (χ1) is 9.47. The van der Waals surface area contributed by atoms with Gasteiger partial charge in [-0.05, 0) is 37.3 Å². The van der Waals surface area contributed by atoms with E-state index in [2.05, 4.69) is 0 Å². The molecule has 2 aromatic rings. The van der Waals surface area contributed by atoms with Crippen molar-refractivity contribution < 1.29 is 18.6 Å². The van der Waals surface area contributed by atoms with Gasteiger partial charge in [0.1, 0.15) is 24.0 Å². The van der Waals surface area contributed by atoms with Gasteiger partial charge in [0, 0.05) is 16.1 Å². The molecule has 106 valence electrons. The fourth-order valence-electron chi connectivity index (χ4n) is 1.77. The molecule has 1 unspecified atom stereocenters. The van der Waals surface area contributed by atoms with E-state index in [1.54, 1.807) is 6.07 Å². The number of ether oxygens (including phenoxy) is 1. The maximum absolute atomic E-state index is 13.6. The third kappa shape index (κ3) is 3.46. The van der Waals surface area contributed by atoms with E-state index in [9.17, 15) is 13.9 Å². The monoisotopic (exact) mass is 298 g/mol. The topological polar surface area (TPSA) is 29.5 Å². The van der Waals surface area contributed by atoms with Crippen LogP contribution in [0.5, 0.6) is 5.75 Å². The molecule has 0 amide bonds. The van der Waals surface area contributed by atoms with Crippen LogP contribution in [0.3, 0.4) is 0 Å². The van der Waals surface area contributed by atoms with Crippen LogP contribution in [0.2, 0.25) is 5.02 Å². The molecular formula is C15H13ClF2O2. The van der Waals surface area contributed by atoms with Gasteiger partial charge < -0.3 is 9.84 Å². The van der Waals surface area contributed by atoms with Gasteiger partial charge in [0.25, 0.3) is 0 Å². The number of rotatable bonds is 4. The highest BCUT2D eigenvalue weighted by atomic mass is 35.5. The molecule has 0 fully saturated rings. The lowest BCUT2D eigenvalue weighted by atomic mass is 10.1. The van der Waals surface area contributed by atoms with Crippen LogP contribution in [0.25, 0.3) is 0 Å². The Morgan fingerprint density at radius 1 is 1.20 bits per heavy atom. The Kier molecular flexibility index (Phi) is 4.57. The first kappa shape index (κ1) is 14.8. The average molecular weight is 299 g/mol. The van der Waals surface area contributed by atoms with Crippen molar-refractivity contribution in [2.24, 2.45) is 0 Å². The molecule has 20 heavy (non-hydrogen) atoms. The van der Waals surface area contributed by atoms with Crippen molar-refractivity contribution in [2.45, 2.75) is 19.6 Å². The van der Waals surface area contributed by atoms with E-state index in [-0.39, 0.29) is 6.61 Å². The molecule has 1 N–H and O–H groups in total. The van der Waals surface area contributed by atoms with Crippen LogP contribution >= 0.6 is 11.6 Å². The van der Waals surface area contributed by atoms with Gasteiger partial charge in [0.2, 0.25) is 0 Å². The molecule has 0 saturated carbocycles. The second-order valence-electron chi connectivity index (χ2n) is 4.38. The normalized spacial score (nSPS) is 12.2. The number of halogens is 3. The molecular weight excluding hydrogens is 286 g/mol. The summed E-state index contributed by atoms with van der Waals surface area (Å²) in [6.45, 7) is 1.47. The molecule has 0 spiro atoms. The molecule has 0 heterocycles. The first-order valence-corrected chi connectivity index (χ1v) is 6.39. The maximum Gasteiger partial charge on any atom is 0.131 e. The molecule has 2 aromatic carbocycles. The van der Waals surface area contributed by atoms with Crippen molar-refractivity contribution in [3.8, 4) is 5.75 Å². The second-order valence-corrected chi connectivity index (χ2v) is 4.82. The van der Waals surface area contributed by atoms with Crippen molar-refractivity contribution in [3.05, 3.63) is 64.2 Å². The summed E-state index contributed by atoms with van der Waals surface area (Å²) in [6.07, 6.45) is -0.879. The van der Waals surface area contributed by atoms with E-state index in [4.69, 9.17) is 16.3 Å². The standard InChI is InChI=1S/C15H13ClF2O2/c1-9(19)13-7-12(17)4-5-15(13)20-8-10-2-3-11(16)6-14(10)18/h2-7,9,19H,8H2,1H3. The van der Waals surface area contributed by atoms with E-state index >= 15 is 0 Å². The van der Waals surface area contributed by atoms with Crippen molar-refractivity contribution >= 4 is 11.6 Å². The third-order valence-corrected chi connectivity index (χ3v) is 3.06. The summed E-state index contributed by atoms with van der Waals surface area (Å²) in [5.41, 5.74) is 0.648. The Labute approximate surface area is 120 Å². The minimum absolute atomic E-state index is 0.0334. The number of benzene rings is 2. The van der Waals surface area contributed by atoms with Gasteiger partial charge in [-0.1, -0.05) is 17.7 Å². The van der Waals surface area contributed by atoms with Crippen LogP contribution in [-0.2, 0) is 6.61 Å². The Balaban J connectivity index is 2.18. The number of hydrogen-bond donors (Lipinski definition) is 1. The Morgan fingerprint density at radius 3 is 2.60 bits per heavy atom. The van der Waals surface area contributed by atoms with E-state index in [1.165, 1.54) is 37.3 Å².